The molecule has 0 unspecified atom stereocenters. The van der Waals surface area contributed by atoms with Crippen molar-refractivity contribution in [3.05, 3.63) is 29.8 Å². The van der Waals surface area contributed by atoms with Crippen molar-refractivity contribution in [1.82, 2.24) is 5.01 Å². The van der Waals surface area contributed by atoms with E-state index in [1.54, 1.807) is 7.11 Å². The minimum atomic E-state index is 0.355. The van der Waals surface area contributed by atoms with Crippen LogP contribution >= 0.6 is 0 Å². The van der Waals surface area contributed by atoms with E-state index in [0.29, 0.717) is 13.0 Å². The van der Waals surface area contributed by atoms with Gasteiger partial charge in [-0.1, -0.05) is 18.2 Å². The lowest BCUT2D eigenvalue weighted by Gasteiger charge is -2.12. The molecule has 0 aromatic heterocycles. The zero-order valence-corrected chi connectivity index (χ0v) is 7.43. The maximum atomic E-state index is 10.3. The molecule has 0 aliphatic rings. The van der Waals surface area contributed by atoms with Crippen molar-refractivity contribution in [3.63, 3.8) is 0 Å². The molecule has 4 nitrogen and oxygen atoms in total. The highest BCUT2D eigenvalue weighted by molar-refractivity contribution is 5.47. The third kappa shape index (κ3) is 2.45. The van der Waals surface area contributed by atoms with E-state index in [4.69, 9.17) is 10.6 Å². The number of hydrogen-bond acceptors (Lipinski definition) is 3. The number of carbonyl (C=O) groups is 1. The third-order valence-corrected chi connectivity index (χ3v) is 1.68. The van der Waals surface area contributed by atoms with Crippen LogP contribution in [0.2, 0.25) is 0 Å². The van der Waals surface area contributed by atoms with Gasteiger partial charge in [0.2, 0.25) is 6.41 Å². The van der Waals surface area contributed by atoms with E-state index in [0.717, 1.165) is 16.3 Å². The molecular formula is C9H12N2O2. The van der Waals surface area contributed by atoms with E-state index in [-0.39, 0.29) is 0 Å². The summed E-state index contributed by atoms with van der Waals surface area (Å²) in [7, 11) is 1.58. The summed E-state index contributed by atoms with van der Waals surface area (Å²) in [6, 6.07) is 7.43. The summed E-state index contributed by atoms with van der Waals surface area (Å²) in [6.07, 6.45) is 0.576. The first kappa shape index (κ1) is 9.54. The Morgan fingerprint density at radius 2 is 2.23 bits per heavy atom. The van der Waals surface area contributed by atoms with Gasteiger partial charge in [-0.25, -0.2) is 5.84 Å². The number of para-hydroxylation sites is 1. The number of nitrogens with two attached hydrogens (primary N) is 1. The van der Waals surface area contributed by atoms with Crippen LogP contribution in [-0.4, -0.2) is 18.5 Å². The molecule has 0 aliphatic carbocycles. The van der Waals surface area contributed by atoms with Crippen molar-refractivity contribution in [1.29, 1.82) is 0 Å². The van der Waals surface area contributed by atoms with Crippen molar-refractivity contribution >= 4 is 6.41 Å². The Hall–Kier alpha value is -1.55. The molecule has 0 bridgehead atoms. The van der Waals surface area contributed by atoms with Gasteiger partial charge in [0.1, 0.15) is 5.75 Å². The lowest BCUT2D eigenvalue weighted by atomic mass is 10.2. The summed E-state index contributed by atoms with van der Waals surface area (Å²) in [6.45, 7) is 0.355. The normalized spacial score (nSPS) is 9.38. The maximum absolute atomic E-state index is 10.3. The summed E-state index contributed by atoms with van der Waals surface area (Å²) >= 11 is 0. The molecule has 1 aromatic rings. The Kier molecular flexibility index (Phi) is 3.28. The SMILES string of the molecule is COc1ccccc1CN(N)C=O. The Morgan fingerprint density at radius 3 is 2.85 bits per heavy atom. The van der Waals surface area contributed by atoms with Gasteiger partial charge >= 0.3 is 0 Å². The minimum Gasteiger partial charge on any atom is -0.496 e. The van der Waals surface area contributed by atoms with Gasteiger partial charge in [-0.2, -0.15) is 0 Å². The number of ether oxygens (including phenoxy) is 1. The van der Waals surface area contributed by atoms with Gasteiger partial charge in [0.15, 0.2) is 0 Å². The van der Waals surface area contributed by atoms with Crippen LogP contribution in [0, 0.1) is 0 Å². The van der Waals surface area contributed by atoms with E-state index in [1.807, 2.05) is 24.3 Å². The van der Waals surface area contributed by atoms with Crippen LogP contribution in [0.5, 0.6) is 5.75 Å². The molecule has 70 valence electrons. The van der Waals surface area contributed by atoms with Crippen molar-refractivity contribution in [2.75, 3.05) is 7.11 Å². The van der Waals surface area contributed by atoms with Gasteiger partial charge in [-0.05, 0) is 6.07 Å². The quantitative estimate of drug-likeness (QED) is 0.318. The van der Waals surface area contributed by atoms with Crippen LogP contribution in [0.4, 0.5) is 0 Å². The van der Waals surface area contributed by atoms with E-state index in [2.05, 4.69) is 0 Å². The lowest BCUT2D eigenvalue weighted by Crippen LogP contribution is -2.28. The average molecular weight is 180 g/mol. The Balaban J connectivity index is 2.80. The average Bonchev–Trinajstić information content (AvgIpc) is 2.18. The Labute approximate surface area is 76.9 Å². The van der Waals surface area contributed by atoms with Crippen molar-refractivity contribution in [2.24, 2.45) is 5.84 Å². The summed E-state index contributed by atoms with van der Waals surface area (Å²) in [5, 5.41) is 1.07. The fraction of sp³-hybridized carbons (Fsp3) is 0.222. The molecule has 13 heavy (non-hydrogen) atoms. The van der Waals surface area contributed by atoms with Gasteiger partial charge in [0.05, 0.1) is 13.7 Å². The summed E-state index contributed by atoms with van der Waals surface area (Å²) in [5.41, 5.74) is 0.889. The Morgan fingerprint density at radius 1 is 1.54 bits per heavy atom. The molecular weight excluding hydrogens is 168 g/mol. The number of benzene rings is 1. The second-order valence-electron chi connectivity index (χ2n) is 2.59. The van der Waals surface area contributed by atoms with Crippen molar-refractivity contribution in [3.8, 4) is 5.75 Å². The Bertz CT molecular complexity index is 289. The first-order valence-corrected chi connectivity index (χ1v) is 3.86. The van der Waals surface area contributed by atoms with E-state index in [1.165, 1.54) is 0 Å². The second-order valence-corrected chi connectivity index (χ2v) is 2.59. The number of amides is 1. The molecule has 0 saturated carbocycles. The van der Waals surface area contributed by atoms with E-state index >= 15 is 0 Å². The van der Waals surface area contributed by atoms with Crippen LogP contribution in [0.3, 0.4) is 0 Å². The molecule has 0 atom stereocenters. The third-order valence-electron chi connectivity index (χ3n) is 1.68. The topological polar surface area (TPSA) is 55.6 Å². The maximum Gasteiger partial charge on any atom is 0.223 e. The van der Waals surface area contributed by atoms with Crippen LogP contribution in [0.15, 0.2) is 24.3 Å². The smallest absolute Gasteiger partial charge is 0.223 e. The fourth-order valence-corrected chi connectivity index (χ4v) is 1.07. The van der Waals surface area contributed by atoms with E-state index < -0.39 is 0 Å². The van der Waals surface area contributed by atoms with Gasteiger partial charge in [0, 0.05) is 5.56 Å². The van der Waals surface area contributed by atoms with Gasteiger partial charge in [-0.15, -0.1) is 0 Å². The van der Waals surface area contributed by atoms with Crippen LogP contribution in [-0.2, 0) is 11.3 Å². The molecule has 0 spiro atoms. The van der Waals surface area contributed by atoms with Crippen LogP contribution in [0.25, 0.3) is 0 Å². The fourth-order valence-electron chi connectivity index (χ4n) is 1.07. The van der Waals surface area contributed by atoms with Crippen LogP contribution in [0.1, 0.15) is 5.56 Å². The predicted molar refractivity (Wildman–Crippen MR) is 48.8 cm³/mol. The van der Waals surface area contributed by atoms with E-state index in [9.17, 15) is 4.79 Å². The summed E-state index contributed by atoms with van der Waals surface area (Å²) < 4.78 is 5.09. The lowest BCUT2D eigenvalue weighted by molar-refractivity contribution is -0.118. The molecule has 0 heterocycles. The highest BCUT2D eigenvalue weighted by Gasteiger charge is 2.03. The molecule has 0 fully saturated rings. The molecule has 0 saturated heterocycles. The number of hydrogen-bond donors (Lipinski definition) is 1. The number of nitrogens with zero attached hydrogens (tertiary/aromatic N) is 1. The monoisotopic (exact) mass is 180 g/mol. The molecule has 4 heteroatoms. The van der Waals surface area contributed by atoms with Gasteiger partial charge < -0.3 is 4.74 Å². The summed E-state index contributed by atoms with van der Waals surface area (Å²) in [5.74, 6) is 6.07. The zero-order valence-electron chi connectivity index (χ0n) is 7.43. The zero-order chi connectivity index (χ0) is 9.68. The van der Waals surface area contributed by atoms with Crippen molar-refractivity contribution in [2.45, 2.75) is 6.54 Å². The first-order chi connectivity index (χ1) is 6.27. The van der Waals surface area contributed by atoms with Crippen molar-refractivity contribution < 1.29 is 9.53 Å². The number of rotatable bonds is 4. The van der Waals surface area contributed by atoms with Gasteiger partial charge in [-0.3, -0.25) is 9.80 Å². The summed E-state index contributed by atoms with van der Waals surface area (Å²) in [4.78, 5) is 10.3. The van der Waals surface area contributed by atoms with Gasteiger partial charge in [0.25, 0.3) is 0 Å². The molecule has 1 amide bonds. The molecule has 1 rings (SSSR count). The second kappa shape index (κ2) is 4.47. The molecule has 1 aromatic carbocycles. The number of hydrazine groups is 1. The highest BCUT2D eigenvalue weighted by Crippen LogP contribution is 2.17. The molecule has 0 aliphatic heterocycles. The number of methoxy groups -OCH3 is 1. The molecule has 0 radical (unpaired) electrons. The standard InChI is InChI=1S/C9H12N2O2/c1-13-9-5-3-2-4-8(9)6-11(10)7-12/h2-5,7H,6,10H2,1H3. The molecule has 2 N–H and O–H groups in total. The number of carbonyl (C=O) groups excluding carboxylic acids is 1. The highest BCUT2D eigenvalue weighted by atomic mass is 16.5. The first-order valence-electron chi connectivity index (χ1n) is 3.86. The predicted octanol–water partition coefficient (Wildman–Crippen LogP) is 0.527. The minimum absolute atomic E-state index is 0.355. The van der Waals surface area contributed by atoms with Crippen LogP contribution < -0.4 is 10.6 Å². The largest absolute Gasteiger partial charge is 0.496 e.